The summed E-state index contributed by atoms with van der Waals surface area (Å²) < 4.78 is 1.75. The first-order chi connectivity index (χ1) is 7.51. The predicted octanol–water partition coefficient (Wildman–Crippen LogP) is 1.68. The van der Waals surface area contributed by atoms with Gasteiger partial charge >= 0.3 is 5.97 Å². The number of carboxylic acid groups (broad SMARTS) is 1. The Kier molecular flexibility index (Phi) is 4.04. The molecule has 1 rings (SSSR count). The van der Waals surface area contributed by atoms with Gasteiger partial charge in [-0.05, 0) is 13.8 Å². The Bertz CT molecular complexity index is 373. The molecule has 0 aromatic carbocycles. The zero-order chi connectivity index (χ0) is 12.3. The third kappa shape index (κ3) is 2.40. The molecule has 5 heteroatoms. The van der Waals surface area contributed by atoms with Gasteiger partial charge in [-0.3, -0.25) is 4.79 Å². The third-order valence-electron chi connectivity index (χ3n) is 2.88. The molecule has 16 heavy (non-hydrogen) atoms. The first kappa shape index (κ1) is 12.7. The normalized spacial score (nSPS) is 14.8. The molecule has 0 radical (unpaired) electrons. The molecule has 0 spiro atoms. The van der Waals surface area contributed by atoms with Crippen LogP contribution in [-0.4, -0.2) is 25.8 Å². The van der Waals surface area contributed by atoms with Crippen LogP contribution in [-0.2, 0) is 17.6 Å². The molecule has 0 aliphatic heterocycles. The van der Waals surface area contributed by atoms with E-state index >= 15 is 0 Å². The number of carboxylic acids is 1. The third-order valence-corrected chi connectivity index (χ3v) is 2.88. The lowest BCUT2D eigenvalue weighted by atomic mass is 10.0. The first-order valence-electron chi connectivity index (χ1n) is 5.68. The molecule has 1 heterocycles. The minimum atomic E-state index is -0.803. The highest BCUT2D eigenvalue weighted by molar-refractivity contribution is 5.70. The molecule has 1 aromatic heterocycles. The standard InChI is InChI=1S/C11H19N3O2/c1-5-9-12-10(6-2)14(13-9)8(4)7(3)11(15)16/h7-8H,5-6H2,1-4H3,(H,15,16). The van der Waals surface area contributed by atoms with E-state index in [9.17, 15) is 4.79 Å². The van der Waals surface area contributed by atoms with Crippen LogP contribution in [0.2, 0.25) is 0 Å². The molecule has 0 saturated carbocycles. The lowest BCUT2D eigenvalue weighted by molar-refractivity contribution is -0.142. The SMILES string of the molecule is CCc1nc(CC)n(C(C)C(C)C(=O)O)n1. The average Bonchev–Trinajstić information content (AvgIpc) is 2.69. The Hall–Kier alpha value is -1.39. The lowest BCUT2D eigenvalue weighted by Gasteiger charge is -2.17. The molecule has 1 N–H and O–H groups in total. The number of nitrogens with zero attached hydrogens (tertiary/aromatic N) is 3. The summed E-state index contributed by atoms with van der Waals surface area (Å²) in [6, 6.07) is -0.166. The number of hydrogen-bond donors (Lipinski definition) is 1. The lowest BCUT2D eigenvalue weighted by Crippen LogP contribution is -2.24. The van der Waals surface area contributed by atoms with Crippen LogP contribution in [0.3, 0.4) is 0 Å². The van der Waals surface area contributed by atoms with Crippen LogP contribution >= 0.6 is 0 Å². The number of aliphatic carboxylic acids is 1. The van der Waals surface area contributed by atoms with Crippen molar-refractivity contribution in [2.75, 3.05) is 0 Å². The van der Waals surface area contributed by atoms with Gasteiger partial charge in [0.15, 0.2) is 5.82 Å². The van der Waals surface area contributed by atoms with Gasteiger partial charge in [0.25, 0.3) is 0 Å². The highest BCUT2D eigenvalue weighted by Gasteiger charge is 2.24. The summed E-state index contributed by atoms with van der Waals surface area (Å²) in [7, 11) is 0. The van der Waals surface area contributed by atoms with E-state index in [1.54, 1.807) is 11.6 Å². The molecule has 0 amide bonds. The Balaban J connectivity index is 3.01. The number of carbonyl (C=O) groups is 1. The van der Waals surface area contributed by atoms with Gasteiger partial charge in [-0.1, -0.05) is 13.8 Å². The molecule has 0 bridgehead atoms. The van der Waals surface area contributed by atoms with Crippen molar-refractivity contribution < 1.29 is 9.90 Å². The molecule has 0 aliphatic rings. The van der Waals surface area contributed by atoms with E-state index in [0.29, 0.717) is 0 Å². The number of aryl methyl sites for hydroxylation is 2. The Labute approximate surface area is 95.5 Å². The topological polar surface area (TPSA) is 68.0 Å². The molecular formula is C11H19N3O2. The Morgan fingerprint density at radius 2 is 2.00 bits per heavy atom. The fraction of sp³-hybridized carbons (Fsp3) is 0.727. The summed E-state index contributed by atoms with van der Waals surface area (Å²) in [6.07, 6.45) is 1.54. The molecule has 0 fully saturated rings. The van der Waals surface area contributed by atoms with E-state index in [1.165, 1.54) is 0 Å². The van der Waals surface area contributed by atoms with Gasteiger partial charge in [0.05, 0.1) is 12.0 Å². The maximum atomic E-state index is 10.9. The van der Waals surface area contributed by atoms with Crippen molar-refractivity contribution in [3.8, 4) is 0 Å². The van der Waals surface area contributed by atoms with Crippen molar-refractivity contribution in [1.29, 1.82) is 0 Å². The monoisotopic (exact) mass is 225 g/mol. The van der Waals surface area contributed by atoms with Gasteiger partial charge in [-0.25, -0.2) is 9.67 Å². The Morgan fingerprint density at radius 1 is 1.38 bits per heavy atom. The van der Waals surface area contributed by atoms with E-state index in [0.717, 1.165) is 24.5 Å². The zero-order valence-corrected chi connectivity index (χ0v) is 10.3. The van der Waals surface area contributed by atoms with Crippen LogP contribution in [0.5, 0.6) is 0 Å². The minimum Gasteiger partial charge on any atom is -0.481 e. The second-order valence-corrected chi connectivity index (χ2v) is 3.96. The summed E-state index contributed by atoms with van der Waals surface area (Å²) in [5.74, 6) is 0.374. The summed E-state index contributed by atoms with van der Waals surface area (Å²) in [6.45, 7) is 7.55. The van der Waals surface area contributed by atoms with Crippen LogP contribution in [0.4, 0.5) is 0 Å². The highest BCUT2D eigenvalue weighted by Crippen LogP contribution is 2.19. The quantitative estimate of drug-likeness (QED) is 0.827. The van der Waals surface area contributed by atoms with Crippen LogP contribution in [0, 0.1) is 5.92 Å². The molecular weight excluding hydrogens is 206 g/mol. The van der Waals surface area contributed by atoms with Crippen LogP contribution in [0.1, 0.15) is 45.4 Å². The predicted molar refractivity (Wildman–Crippen MR) is 60.3 cm³/mol. The fourth-order valence-corrected chi connectivity index (χ4v) is 1.54. The van der Waals surface area contributed by atoms with Gasteiger partial charge in [0, 0.05) is 12.8 Å². The maximum absolute atomic E-state index is 10.9. The van der Waals surface area contributed by atoms with E-state index in [-0.39, 0.29) is 6.04 Å². The molecule has 2 atom stereocenters. The van der Waals surface area contributed by atoms with Gasteiger partial charge in [0.2, 0.25) is 0 Å². The molecule has 0 saturated heterocycles. The maximum Gasteiger partial charge on any atom is 0.308 e. The first-order valence-corrected chi connectivity index (χ1v) is 5.68. The number of aromatic nitrogens is 3. The summed E-state index contributed by atoms with van der Waals surface area (Å²) in [5.41, 5.74) is 0. The van der Waals surface area contributed by atoms with E-state index in [1.807, 2.05) is 20.8 Å². The number of hydrogen-bond acceptors (Lipinski definition) is 3. The second kappa shape index (κ2) is 5.09. The van der Waals surface area contributed by atoms with Crippen molar-refractivity contribution in [2.45, 2.75) is 46.6 Å². The molecule has 2 unspecified atom stereocenters. The summed E-state index contributed by atoms with van der Waals surface area (Å²) >= 11 is 0. The summed E-state index contributed by atoms with van der Waals surface area (Å²) in [5, 5.41) is 13.3. The zero-order valence-electron chi connectivity index (χ0n) is 10.3. The molecule has 90 valence electrons. The van der Waals surface area contributed by atoms with Gasteiger partial charge in [-0.2, -0.15) is 5.10 Å². The smallest absolute Gasteiger partial charge is 0.308 e. The second-order valence-electron chi connectivity index (χ2n) is 3.96. The van der Waals surface area contributed by atoms with Crippen molar-refractivity contribution in [3.05, 3.63) is 11.6 Å². The molecule has 1 aromatic rings. The van der Waals surface area contributed by atoms with Crippen molar-refractivity contribution in [1.82, 2.24) is 14.8 Å². The average molecular weight is 225 g/mol. The van der Waals surface area contributed by atoms with Gasteiger partial charge in [-0.15, -0.1) is 0 Å². The van der Waals surface area contributed by atoms with Crippen LogP contribution < -0.4 is 0 Å². The largest absolute Gasteiger partial charge is 0.481 e. The van der Waals surface area contributed by atoms with E-state index < -0.39 is 11.9 Å². The highest BCUT2D eigenvalue weighted by atomic mass is 16.4. The van der Waals surface area contributed by atoms with E-state index in [2.05, 4.69) is 10.1 Å². The van der Waals surface area contributed by atoms with Crippen molar-refractivity contribution in [2.24, 2.45) is 5.92 Å². The van der Waals surface area contributed by atoms with Crippen molar-refractivity contribution in [3.63, 3.8) is 0 Å². The minimum absolute atomic E-state index is 0.166. The van der Waals surface area contributed by atoms with Crippen LogP contribution in [0.25, 0.3) is 0 Å². The Morgan fingerprint density at radius 3 is 2.44 bits per heavy atom. The number of rotatable bonds is 5. The molecule has 5 nitrogen and oxygen atoms in total. The molecule has 0 aliphatic carbocycles. The van der Waals surface area contributed by atoms with E-state index in [4.69, 9.17) is 5.11 Å². The van der Waals surface area contributed by atoms with Crippen LogP contribution in [0.15, 0.2) is 0 Å². The van der Waals surface area contributed by atoms with Gasteiger partial charge < -0.3 is 5.11 Å². The summed E-state index contributed by atoms with van der Waals surface area (Å²) in [4.78, 5) is 15.3. The fourth-order valence-electron chi connectivity index (χ4n) is 1.54. The van der Waals surface area contributed by atoms with Gasteiger partial charge in [0.1, 0.15) is 5.82 Å². The van der Waals surface area contributed by atoms with Crippen molar-refractivity contribution >= 4 is 5.97 Å².